The van der Waals surface area contributed by atoms with Crippen LogP contribution in [0.15, 0.2) is 48.5 Å². The number of benzene rings is 2. The van der Waals surface area contributed by atoms with Gasteiger partial charge in [0.15, 0.2) is 0 Å². The highest BCUT2D eigenvalue weighted by atomic mass is 19.1. The van der Waals surface area contributed by atoms with Crippen LogP contribution in [0.4, 0.5) is 9.18 Å². The zero-order valence-electron chi connectivity index (χ0n) is 16.2. The van der Waals surface area contributed by atoms with Gasteiger partial charge in [0.05, 0.1) is 5.56 Å². The number of urea groups is 1. The first kappa shape index (κ1) is 19.1. The van der Waals surface area contributed by atoms with Crippen LogP contribution in [0.5, 0.6) is 0 Å². The zero-order valence-corrected chi connectivity index (χ0v) is 16.2. The predicted molar refractivity (Wildman–Crippen MR) is 105 cm³/mol. The Labute approximate surface area is 168 Å². The number of aryl methyl sites for hydroxylation is 1. The average molecular weight is 395 g/mol. The van der Waals surface area contributed by atoms with Crippen LogP contribution in [0.25, 0.3) is 0 Å². The summed E-state index contributed by atoms with van der Waals surface area (Å²) in [5, 5.41) is 2.43. The van der Waals surface area contributed by atoms with Crippen molar-refractivity contribution < 1.29 is 18.8 Å². The van der Waals surface area contributed by atoms with Crippen LogP contribution < -0.4 is 5.32 Å². The van der Waals surface area contributed by atoms with Crippen molar-refractivity contribution in [3.63, 3.8) is 0 Å². The van der Waals surface area contributed by atoms with E-state index in [1.165, 1.54) is 6.07 Å². The molecule has 0 unspecified atom stereocenters. The lowest BCUT2D eigenvalue weighted by Crippen LogP contribution is -2.57. The minimum Gasteiger partial charge on any atom is -0.338 e. The SMILES string of the molecule is Cc1cccc(F)c1C(=O)N1CCC2(CC1)C(=O)NC(=O)N2Cc1ccccc1. The van der Waals surface area contributed by atoms with Gasteiger partial charge in [-0.3, -0.25) is 14.9 Å². The molecule has 2 aromatic carbocycles. The molecular formula is C22H22FN3O3. The molecule has 1 N–H and O–H groups in total. The fraction of sp³-hybridized carbons (Fsp3) is 0.318. The molecule has 0 atom stereocenters. The molecule has 4 amide bonds. The molecule has 2 heterocycles. The van der Waals surface area contributed by atoms with Crippen LogP contribution in [-0.2, 0) is 11.3 Å². The topological polar surface area (TPSA) is 69.7 Å². The number of nitrogens with zero attached hydrogens (tertiary/aromatic N) is 2. The van der Waals surface area contributed by atoms with E-state index in [2.05, 4.69) is 5.32 Å². The number of imide groups is 1. The number of amides is 4. The second-order valence-electron chi connectivity index (χ2n) is 7.59. The van der Waals surface area contributed by atoms with Gasteiger partial charge >= 0.3 is 6.03 Å². The van der Waals surface area contributed by atoms with Crippen molar-refractivity contribution in [3.05, 3.63) is 71.0 Å². The third-order valence-corrected chi connectivity index (χ3v) is 5.90. The van der Waals surface area contributed by atoms with Crippen molar-refractivity contribution in [3.8, 4) is 0 Å². The number of likely N-dealkylation sites (tertiary alicyclic amines) is 1. The predicted octanol–water partition coefficient (Wildman–Crippen LogP) is 2.86. The molecule has 2 aliphatic rings. The van der Waals surface area contributed by atoms with Gasteiger partial charge in [0, 0.05) is 19.6 Å². The third-order valence-electron chi connectivity index (χ3n) is 5.90. The summed E-state index contributed by atoms with van der Waals surface area (Å²) in [6, 6.07) is 13.6. The molecule has 0 aliphatic carbocycles. The van der Waals surface area contributed by atoms with E-state index in [0.29, 0.717) is 24.9 Å². The molecule has 2 aliphatic heterocycles. The molecule has 0 saturated carbocycles. The lowest BCUT2D eigenvalue weighted by molar-refractivity contribution is -0.129. The highest BCUT2D eigenvalue weighted by Gasteiger charge is 2.54. The van der Waals surface area contributed by atoms with E-state index in [-0.39, 0.29) is 30.5 Å². The maximum absolute atomic E-state index is 14.2. The minimum atomic E-state index is -0.978. The first-order valence-electron chi connectivity index (χ1n) is 9.64. The normalized spacial score (nSPS) is 18.3. The molecule has 2 saturated heterocycles. The maximum Gasteiger partial charge on any atom is 0.325 e. The molecule has 6 nitrogen and oxygen atoms in total. The number of carbonyl (C=O) groups excluding carboxylic acids is 3. The second-order valence-corrected chi connectivity index (χ2v) is 7.59. The molecule has 1 spiro atoms. The lowest BCUT2D eigenvalue weighted by atomic mass is 9.85. The van der Waals surface area contributed by atoms with Crippen LogP contribution in [0, 0.1) is 12.7 Å². The zero-order chi connectivity index (χ0) is 20.6. The summed E-state index contributed by atoms with van der Waals surface area (Å²) in [4.78, 5) is 41.1. The Kier molecular flexibility index (Phi) is 4.82. The van der Waals surface area contributed by atoms with Crippen molar-refractivity contribution in [2.45, 2.75) is 31.8 Å². The summed E-state index contributed by atoms with van der Waals surface area (Å²) in [6.07, 6.45) is 0.632. The van der Waals surface area contributed by atoms with Crippen LogP contribution >= 0.6 is 0 Å². The molecule has 0 radical (unpaired) electrons. The minimum absolute atomic E-state index is 0.0662. The number of hydrogen-bond acceptors (Lipinski definition) is 3. The Bertz CT molecular complexity index is 948. The molecule has 0 bridgehead atoms. The number of halogens is 1. The van der Waals surface area contributed by atoms with Crippen LogP contribution in [0.1, 0.15) is 34.3 Å². The van der Waals surface area contributed by atoms with E-state index in [1.54, 1.807) is 28.9 Å². The van der Waals surface area contributed by atoms with Crippen LogP contribution in [-0.4, -0.2) is 46.3 Å². The molecule has 29 heavy (non-hydrogen) atoms. The largest absolute Gasteiger partial charge is 0.338 e. The number of nitrogens with one attached hydrogen (secondary N) is 1. The van der Waals surface area contributed by atoms with E-state index in [1.807, 2.05) is 30.3 Å². The summed E-state index contributed by atoms with van der Waals surface area (Å²) in [5.41, 5.74) is 0.595. The van der Waals surface area contributed by atoms with Gasteiger partial charge in [-0.25, -0.2) is 9.18 Å². The third kappa shape index (κ3) is 3.26. The molecule has 2 fully saturated rings. The lowest BCUT2D eigenvalue weighted by Gasteiger charge is -2.42. The number of carbonyl (C=O) groups is 3. The van der Waals surface area contributed by atoms with Crippen molar-refractivity contribution >= 4 is 17.8 Å². The Morgan fingerprint density at radius 1 is 1.07 bits per heavy atom. The van der Waals surface area contributed by atoms with Crippen molar-refractivity contribution in [1.29, 1.82) is 0 Å². The Morgan fingerprint density at radius 2 is 1.76 bits per heavy atom. The fourth-order valence-electron chi connectivity index (χ4n) is 4.22. The molecular weight excluding hydrogens is 373 g/mol. The number of hydrogen-bond donors (Lipinski definition) is 1. The second kappa shape index (κ2) is 7.31. The van der Waals surface area contributed by atoms with Crippen LogP contribution in [0.3, 0.4) is 0 Å². The summed E-state index contributed by atoms with van der Waals surface area (Å²) in [5.74, 6) is -1.25. The van der Waals surface area contributed by atoms with Gasteiger partial charge in [-0.1, -0.05) is 42.5 Å². The molecule has 0 aromatic heterocycles. The van der Waals surface area contributed by atoms with Gasteiger partial charge in [-0.15, -0.1) is 0 Å². The van der Waals surface area contributed by atoms with Crippen molar-refractivity contribution in [2.75, 3.05) is 13.1 Å². The monoisotopic (exact) mass is 395 g/mol. The highest BCUT2D eigenvalue weighted by Crippen LogP contribution is 2.35. The first-order chi connectivity index (χ1) is 13.9. The fourth-order valence-corrected chi connectivity index (χ4v) is 4.22. The van der Waals surface area contributed by atoms with Gasteiger partial charge in [-0.05, 0) is 37.0 Å². The van der Waals surface area contributed by atoms with E-state index >= 15 is 0 Å². The van der Waals surface area contributed by atoms with Gasteiger partial charge in [0.25, 0.3) is 11.8 Å². The Morgan fingerprint density at radius 3 is 2.41 bits per heavy atom. The smallest absolute Gasteiger partial charge is 0.325 e. The van der Waals surface area contributed by atoms with E-state index in [4.69, 9.17) is 0 Å². The summed E-state index contributed by atoms with van der Waals surface area (Å²) >= 11 is 0. The van der Waals surface area contributed by atoms with Crippen molar-refractivity contribution in [1.82, 2.24) is 15.1 Å². The van der Waals surface area contributed by atoms with E-state index < -0.39 is 17.4 Å². The van der Waals surface area contributed by atoms with E-state index in [9.17, 15) is 18.8 Å². The Balaban J connectivity index is 1.54. The Hall–Kier alpha value is -3.22. The number of rotatable bonds is 3. The first-order valence-corrected chi connectivity index (χ1v) is 9.64. The molecule has 7 heteroatoms. The van der Waals surface area contributed by atoms with Crippen molar-refractivity contribution in [2.24, 2.45) is 0 Å². The van der Waals surface area contributed by atoms with Gasteiger partial charge < -0.3 is 9.80 Å². The maximum atomic E-state index is 14.2. The summed E-state index contributed by atoms with van der Waals surface area (Å²) in [7, 11) is 0. The molecule has 2 aromatic rings. The van der Waals surface area contributed by atoms with Gasteiger partial charge in [0.2, 0.25) is 0 Å². The van der Waals surface area contributed by atoms with Crippen LogP contribution in [0.2, 0.25) is 0 Å². The molecule has 150 valence electrons. The standard InChI is InChI=1S/C22H22FN3O3/c1-15-6-5-9-17(23)18(15)19(27)25-12-10-22(11-13-25)20(28)24-21(29)26(22)14-16-7-3-2-4-8-16/h2-9H,10-14H2,1H3,(H,24,28,29). The average Bonchev–Trinajstić information content (AvgIpc) is 2.93. The van der Waals surface area contributed by atoms with Gasteiger partial charge in [0.1, 0.15) is 11.4 Å². The summed E-state index contributed by atoms with van der Waals surface area (Å²) in [6.45, 7) is 2.57. The highest BCUT2D eigenvalue weighted by molar-refractivity contribution is 6.07. The van der Waals surface area contributed by atoms with E-state index in [0.717, 1.165) is 5.56 Å². The quantitative estimate of drug-likeness (QED) is 0.813. The summed E-state index contributed by atoms with van der Waals surface area (Å²) < 4.78 is 14.2. The molecule has 4 rings (SSSR count). The number of piperidine rings is 1. The van der Waals surface area contributed by atoms with Gasteiger partial charge in [-0.2, -0.15) is 0 Å².